The van der Waals surface area contributed by atoms with Crippen LogP contribution in [0.5, 0.6) is 0 Å². The Morgan fingerprint density at radius 3 is 1.94 bits per heavy atom. The molecule has 0 saturated heterocycles. The average Bonchev–Trinajstić information content (AvgIpc) is 2.40. The van der Waals surface area contributed by atoms with Gasteiger partial charge in [0.25, 0.3) is 0 Å². The minimum Gasteiger partial charge on any atom is -0.317 e. The van der Waals surface area contributed by atoms with E-state index in [0.717, 1.165) is 12.5 Å². The monoisotopic (exact) mass is 255 g/mol. The van der Waals surface area contributed by atoms with Crippen molar-refractivity contribution in [2.75, 3.05) is 13.1 Å². The molecule has 0 radical (unpaired) electrons. The first-order chi connectivity index (χ1) is 8.85. The number of hydrogen-bond acceptors (Lipinski definition) is 1. The fourth-order valence-electron chi connectivity index (χ4n) is 2.63. The molecule has 1 heteroatoms. The second-order valence-electron chi connectivity index (χ2n) is 5.68. The van der Waals surface area contributed by atoms with Gasteiger partial charge in [-0.1, -0.05) is 85.0 Å². The maximum absolute atomic E-state index is 3.41. The molecule has 110 valence electrons. The molecule has 0 bridgehead atoms. The molecule has 0 aromatic rings. The van der Waals surface area contributed by atoms with E-state index in [1.54, 1.807) is 0 Å². The van der Waals surface area contributed by atoms with Crippen molar-refractivity contribution in [2.24, 2.45) is 5.92 Å². The minimum atomic E-state index is 0.998. The molecular weight excluding hydrogens is 218 g/mol. The van der Waals surface area contributed by atoms with E-state index in [-0.39, 0.29) is 0 Å². The Hall–Kier alpha value is -0.0400. The lowest BCUT2D eigenvalue weighted by Gasteiger charge is -2.14. The summed E-state index contributed by atoms with van der Waals surface area (Å²) in [7, 11) is 0. The third-order valence-corrected chi connectivity index (χ3v) is 4.01. The summed E-state index contributed by atoms with van der Waals surface area (Å²) in [4.78, 5) is 0. The van der Waals surface area contributed by atoms with Crippen molar-refractivity contribution in [3.8, 4) is 0 Å². The molecule has 0 heterocycles. The summed E-state index contributed by atoms with van der Waals surface area (Å²) in [5, 5.41) is 3.41. The van der Waals surface area contributed by atoms with E-state index in [2.05, 4.69) is 26.1 Å². The van der Waals surface area contributed by atoms with E-state index in [1.165, 1.54) is 77.2 Å². The Kier molecular flexibility index (Phi) is 15.0. The Morgan fingerprint density at radius 1 is 0.722 bits per heavy atom. The van der Waals surface area contributed by atoms with E-state index in [0.29, 0.717) is 0 Å². The largest absolute Gasteiger partial charge is 0.317 e. The summed E-state index contributed by atoms with van der Waals surface area (Å²) in [6.45, 7) is 9.18. The first-order valence-electron chi connectivity index (χ1n) is 8.55. The molecule has 1 N–H and O–H groups in total. The van der Waals surface area contributed by atoms with Gasteiger partial charge in [-0.15, -0.1) is 0 Å². The second-order valence-corrected chi connectivity index (χ2v) is 5.68. The van der Waals surface area contributed by atoms with Crippen molar-refractivity contribution in [3.63, 3.8) is 0 Å². The van der Waals surface area contributed by atoms with Gasteiger partial charge in [-0.25, -0.2) is 0 Å². The van der Waals surface area contributed by atoms with Gasteiger partial charge in [-0.05, 0) is 25.4 Å². The highest BCUT2D eigenvalue weighted by Crippen LogP contribution is 2.20. The Bertz CT molecular complexity index is 145. The number of nitrogens with one attached hydrogen (secondary N) is 1. The summed E-state index contributed by atoms with van der Waals surface area (Å²) in [5.41, 5.74) is 0. The summed E-state index contributed by atoms with van der Waals surface area (Å²) in [6.07, 6.45) is 15.7. The molecule has 0 fully saturated rings. The predicted molar refractivity (Wildman–Crippen MR) is 84.2 cm³/mol. The van der Waals surface area contributed by atoms with Crippen LogP contribution < -0.4 is 5.32 Å². The third-order valence-electron chi connectivity index (χ3n) is 4.01. The first-order valence-corrected chi connectivity index (χ1v) is 8.55. The van der Waals surface area contributed by atoms with Crippen molar-refractivity contribution in [1.82, 2.24) is 5.32 Å². The molecule has 1 unspecified atom stereocenters. The van der Waals surface area contributed by atoms with Crippen molar-refractivity contribution in [3.05, 3.63) is 0 Å². The third kappa shape index (κ3) is 12.4. The van der Waals surface area contributed by atoms with Crippen LogP contribution in [0.25, 0.3) is 0 Å². The Morgan fingerprint density at radius 2 is 1.33 bits per heavy atom. The quantitative estimate of drug-likeness (QED) is 0.402. The van der Waals surface area contributed by atoms with Crippen LogP contribution in [0.15, 0.2) is 0 Å². The van der Waals surface area contributed by atoms with Crippen LogP contribution in [0.4, 0.5) is 0 Å². The fourth-order valence-corrected chi connectivity index (χ4v) is 2.63. The van der Waals surface area contributed by atoms with Gasteiger partial charge in [0.15, 0.2) is 0 Å². The zero-order chi connectivity index (χ0) is 13.5. The number of rotatable bonds is 14. The van der Waals surface area contributed by atoms with Crippen LogP contribution in [0.2, 0.25) is 0 Å². The molecule has 0 aromatic carbocycles. The predicted octanol–water partition coefficient (Wildman–Crippen LogP) is 5.54. The molecule has 1 atom stereocenters. The van der Waals surface area contributed by atoms with Crippen molar-refractivity contribution >= 4 is 0 Å². The smallest absolute Gasteiger partial charge is 0.00490 e. The maximum Gasteiger partial charge on any atom is -0.00490 e. The molecular formula is C17H37N. The van der Waals surface area contributed by atoms with Crippen LogP contribution in [-0.2, 0) is 0 Å². The van der Waals surface area contributed by atoms with Crippen molar-refractivity contribution in [1.29, 1.82) is 0 Å². The van der Waals surface area contributed by atoms with Gasteiger partial charge in [0.1, 0.15) is 0 Å². The van der Waals surface area contributed by atoms with Crippen LogP contribution in [0, 0.1) is 5.92 Å². The fraction of sp³-hybridized carbons (Fsp3) is 1.00. The van der Waals surface area contributed by atoms with Gasteiger partial charge in [0.2, 0.25) is 0 Å². The molecule has 0 saturated carbocycles. The highest BCUT2D eigenvalue weighted by Gasteiger charge is 2.05. The standard InChI is InChI=1S/C17H37N/c1-4-7-8-9-10-11-14-17(5-2)15-12-13-16-18-6-3/h17-18H,4-16H2,1-3H3. The summed E-state index contributed by atoms with van der Waals surface area (Å²) >= 11 is 0. The van der Waals surface area contributed by atoms with Gasteiger partial charge in [0, 0.05) is 0 Å². The van der Waals surface area contributed by atoms with Crippen molar-refractivity contribution < 1.29 is 0 Å². The van der Waals surface area contributed by atoms with Gasteiger partial charge in [-0.3, -0.25) is 0 Å². The Labute approximate surface area is 116 Å². The molecule has 1 nitrogen and oxygen atoms in total. The molecule has 0 aromatic heterocycles. The maximum atomic E-state index is 3.41. The SMILES string of the molecule is CCCCCCCCC(CC)CCCCNCC. The van der Waals surface area contributed by atoms with Crippen molar-refractivity contribution in [2.45, 2.75) is 91.4 Å². The highest BCUT2D eigenvalue weighted by atomic mass is 14.8. The molecule has 0 aliphatic carbocycles. The molecule has 0 aliphatic heterocycles. The number of unbranched alkanes of at least 4 members (excludes halogenated alkanes) is 6. The van der Waals surface area contributed by atoms with E-state index in [9.17, 15) is 0 Å². The molecule has 0 spiro atoms. The highest BCUT2D eigenvalue weighted by molar-refractivity contribution is 4.59. The van der Waals surface area contributed by atoms with Gasteiger partial charge >= 0.3 is 0 Å². The van der Waals surface area contributed by atoms with Crippen LogP contribution in [0.1, 0.15) is 91.4 Å². The Balaban J connectivity index is 3.29. The molecule has 0 rings (SSSR count). The lowest BCUT2D eigenvalue weighted by Crippen LogP contribution is -2.14. The van der Waals surface area contributed by atoms with Gasteiger partial charge < -0.3 is 5.32 Å². The summed E-state index contributed by atoms with van der Waals surface area (Å²) < 4.78 is 0. The molecule has 0 amide bonds. The number of hydrogen-bond donors (Lipinski definition) is 1. The summed E-state index contributed by atoms with van der Waals surface area (Å²) in [5.74, 6) is 0.998. The lowest BCUT2D eigenvalue weighted by molar-refractivity contribution is 0.395. The van der Waals surface area contributed by atoms with Gasteiger partial charge in [0.05, 0.1) is 0 Å². The molecule has 18 heavy (non-hydrogen) atoms. The second kappa shape index (κ2) is 15.0. The van der Waals surface area contributed by atoms with E-state index in [4.69, 9.17) is 0 Å². The van der Waals surface area contributed by atoms with Gasteiger partial charge in [-0.2, -0.15) is 0 Å². The van der Waals surface area contributed by atoms with E-state index in [1.807, 2.05) is 0 Å². The van der Waals surface area contributed by atoms with E-state index < -0.39 is 0 Å². The topological polar surface area (TPSA) is 12.0 Å². The zero-order valence-electron chi connectivity index (χ0n) is 13.3. The molecule has 0 aliphatic rings. The van der Waals surface area contributed by atoms with Crippen LogP contribution in [-0.4, -0.2) is 13.1 Å². The minimum absolute atomic E-state index is 0.998. The van der Waals surface area contributed by atoms with Crippen LogP contribution >= 0.6 is 0 Å². The zero-order valence-corrected chi connectivity index (χ0v) is 13.3. The summed E-state index contributed by atoms with van der Waals surface area (Å²) in [6, 6.07) is 0. The van der Waals surface area contributed by atoms with Crippen LogP contribution in [0.3, 0.4) is 0 Å². The first kappa shape index (κ1) is 18.0. The average molecular weight is 255 g/mol. The lowest BCUT2D eigenvalue weighted by atomic mass is 9.93. The van der Waals surface area contributed by atoms with E-state index >= 15 is 0 Å². The normalized spacial score (nSPS) is 12.8.